The van der Waals surface area contributed by atoms with Gasteiger partial charge in [0.25, 0.3) is 0 Å². The van der Waals surface area contributed by atoms with Crippen molar-refractivity contribution in [3.63, 3.8) is 0 Å². The van der Waals surface area contributed by atoms with Gasteiger partial charge in [0.15, 0.2) is 0 Å². The number of hydrogen-bond acceptors (Lipinski definition) is 2. The first-order valence-electron chi connectivity index (χ1n) is 6.89. The third kappa shape index (κ3) is 3.41. The van der Waals surface area contributed by atoms with Gasteiger partial charge < -0.3 is 9.73 Å². The Balaban J connectivity index is 2.23. The molecule has 1 aromatic carbocycles. The molecule has 0 amide bonds. The monoisotopic (exact) mass is 295 g/mol. The lowest BCUT2D eigenvalue weighted by Crippen LogP contribution is -2.23. The molecule has 1 heterocycles. The maximum atomic E-state index is 13.2. The summed E-state index contributed by atoms with van der Waals surface area (Å²) in [6, 6.07) is 7.02. The quantitative estimate of drug-likeness (QED) is 0.847. The van der Waals surface area contributed by atoms with Crippen LogP contribution in [0.5, 0.6) is 0 Å². The van der Waals surface area contributed by atoms with Crippen molar-refractivity contribution >= 4 is 11.6 Å². The first kappa shape index (κ1) is 15.1. The second kappa shape index (κ2) is 6.91. The maximum absolute atomic E-state index is 13.2. The van der Waals surface area contributed by atoms with Gasteiger partial charge in [-0.05, 0) is 36.7 Å². The molecule has 0 saturated carbocycles. The lowest BCUT2D eigenvalue weighted by molar-refractivity contribution is 0.487. The minimum Gasteiger partial charge on any atom is -0.469 e. The van der Waals surface area contributed by atoms with E-state index in [0.717, 1.165) is 36.3 Å². The average molecular weight is 296 g/mol. The summed E-state index contributed by atoms with van der Waals surface area (Å²) in [5.41, 5.74) is 2.17. The molecule has 0 aliphatic heterocycles. The van der Waals surface area contributed by atoms with Gasteiger partial charge in [-0.2, -0.15) is 0 Å². The number of halogens is 2. The van der Waals surface area contributed by atoms with Crippen molar-refractivity contribution in [1.82, 2.24) is 5.32 Å². The van der Waals surface area contributed by atoms with Crippen molar-refractivity contribution in [2.75, 3.05) is 6.54 Å². The molecule has 2 aromatic rings. The fraction of sp³-hybridized carbons (Fsp3) is 0.375. The number of rotatable bonds is 6. The molecule has 1 N–H and O–H groups in total. The molecule has 0 radical (unpaired) electrons. The second-order valence-electron chi connectivity index (χ2n) is 4.72. The van der Waals surface area contributed by atoms with E-state index in [1.54, 1.807) is 18.4 Å². The summed E-state index contributed by atoms with van der Waals surface area (Å²) in [5, 5.41) is 3.61. The number of furan rings is 1. The summed E-state index contributed by atoms with van der Waals surface area (Å²) >= 11 is 5.84. The minimum absolute atomic E-state index is 0.148. The van der Waals surface area contributed by atoms with E-state index in [2.05, 4.69) is 19.2 Å². The second-order valence-corrected chi connectivity index (χ2v) is 5.12. The van der Waals surface area contributed by atoms with Gasteiger partial charge in [0.05, 0.1) is 11.3 Å². The molecule has 0 fully saturated rings. The highest BCUT2D eigenvalue weighted by atomic mass is 35.5. The molecule has 0 saturated heterocycles. The van der Waals surface area contributed by atoms with E-state index >= 15 is 0 Å². The van der Waals surface area contributed by atoms with Crippen LogP contribution in [-0.2, 0) is 12.8 Å². The molecule has 4 heteroatoms. The van der Waals surface area contributed by atoms with Crippen LogP contribution in [0.2, 0.25) is 5.02 Å². The van der Waals surface area contributed by atoms with Gasteiger partial charge in [-0.1, -0.05) is 31.5 Å². The smallest absolute Gasteiger partial charge is 0.141 e. The highest BCUT2D eigenvalue weighted by Gasteiger charge is 2.17. The molecule has 20 heavy (non-hydrogen) atoms. The lowest BCUT2D eigenvalue weighted by Gasteiger charge is -2.18. The summed E-state index contributed by atoms with van der Waals surface area (Å²) in [6.07, 6.45) is 3.32. The van der Waals surface area contributed by atoms with Crippen LogP contribution >= 0.6 is 11.6 Å². The molecular weight excluding hydrogens is 277 g/mol. The van der Waals surface area contributed by atoms with Gasteiger partial charge in [-0.25, -0.2) is 4.39 Å². The van der Waals surface area contributed by atoms with Crippen LogP contribution < -0.4 is 5.32 Å². The Morgan fingerprint density at radius 2 is 2.10 bits per heavy atom. The van der Waals surface area contributed by atoms with Crippen molar-refractivity contribution < 1.29 is 8.81 Å². The van der Waals surface area contributed by atoms with Crippen LogP contribution in [0, 0.1) is 5.82 Å². The van der Waals surface area contributed by atoms with Crippen molar-refractivity contribution in [3.8, 4) is 0 Å². The van der Waals surface area contributed by atoms with Crippen LogP contribution in [0.4, 0.5) is 4.39 Å². The number of aryl methyl sites for hydroxylation is 1. The summed E-state index contributed by atoms with van der Waals surface area (Å²) in [6.45, 7) is 4.99. The van der Waals surface area contributed by atoms with Crippen LogP contribution in [0.1, 0.15) is 36.8 Å². The van der Waals surface area contributed by atoms with E-state index < -0.39 is 0 Å². The van der Waals surface area contributed by atoms with Gasteiger partial charge >= 0.3 is 0 Å². The fourth-order valence-electron chi connectivity index (χ4n) is 2.39. The minimum atomic E-state index is -0.382. The zero-order chi connectivity index (χ0) is 14.5. The van der Waals surface area contributed by atoms with Crippen LogP contribution in [0.15, 0.2) is 34.9 Å². The summed E-state index contributed by atoms with van der Waals surface area (Å²) < 4.78 is 18.7. The van der Waals surface area contributed by atoms with Crippen molar-refractivity contribution in [3.05, 3.63) is 58.3 Å². The van der Waals surface area contributed by atoms with E-state index in [0.29, 0.717) is 0 Å². The van der Waals surface area contributed by atoms with Gasteiger partial charge in [-0.15, -0.1) is 0 Å². The number of likely N-dealkylation sites (N-methyl/N-ethyl adjacent to an activating group) is 1. The third-order valence-electron chi connectivity index (χ3n) is 3.35. The van der Waals surface area contributed by atoms with Crippen LogP contribution in [0.3, 0.4) is 0 Å². The number of hydrogen-bond donors (Lipinski definition) is 1. The molecule has 2 nitrogen and oxygen atoms in total. The van der Waals surface area contributed by atoms with Crippen molar-refractivity contribution in [1.29, 1.82) is 0 Å². The number of nitrogens with one attached hydrogen (secondary N) is 1. The molecule has 0 spiro atoms. The molecule has 1 atom stereocenters. The van der Waals surface area contributed by atoms with Crippen molar-refractivity contribution in [2.45, 2.75) is 32.7 Å². The lowest BCUT2D eigenvalue weighted by atomic mass is 9.98. The van der Waals surface area contributed by atoms with Gasteiger partial charge in [0.1, 0.15) is 11.6 Å². The average Bonchev–Trinajstić information content (AvgIpc) is 2.90. The van der Waals surface area contributed by atoms with E-state index in [4.69, 9.17) is 16.0 Å². The predicted molar refractivity (Wildman–Crippen MR) is 79.6 cm³/mol. The fourth-order valence-corrected chi connectivity index (χ4v) is 2.59. The normalized spacial score (nSPS) is 12.6. The van der Waals surface area contributed by atoms with E-state index in [1.807, 2.05) is 6.07 Å². The van der Waals surface area contributed by atoms with Crippen molar-refractivity contribution in [2.24, 2.45) is 0 Å². The molecule has 108 valence electrons. The zero-order valence-electron chi connectivity index (χ0n) is 11.7. The first-order valence-corrected chi connectivity index (χ1v) is 7.27. The molecule has 0 aliphatic rings. The highest BCUT2D eigenvalue weighted by Crippen LogP contribution is 2.25. The molecular formula is C16H19ClFNO. The van der Waals surface area contributed by atoms with E-state index in [-0.39, 0.29) is 16.9 Å². The Hall–Kier alpha value is -1.32. The Kier molecular flexibility index (Phi) is 5.21. The number of benzene rings is 1. The molecule has 2 rings (SSSR count). The largest absolute Gasteiger partial charge is 0.469 e. The third-order valence-corrected chi connectivity index (χ3v) is 3.64. The zero-order valence-corrected chi connectivity index (χ0v) is 12.5. The topological polar surface area (TPSA) is 25.2 Å². The van der Waals surface area contributed by atoms with Crippen LogP contribution in [-0.4, -0.2) is 6.54 Å². The van der Waals surface area contributed by atoms with Gasteiger partial charge in [0, 0.05) is 18.0 Å². The standard InChI is InChI=1S/C16H19ClFNO/c1-3-16-12(7-8-20-16)15(19-4-2)10-11-5-6-14(18)13(17)9-11/h5-9,15,19H,3-4,10H2,1-2H3. The predicted octanol–water partition coefficient (Wildman–Crippen LogP) is 4.53. The Morgan fingerprint density at radius 3 is 2.75 bits per heavy atom. The SMILES string of the molecule is CCNC(Cc1ccc(F)c(Cl)c1)c1ccoc1CC. The molecule has 0 aliphatic carbocycles. The molecule has 0 bridgehead atoms. The summed E-state index contributed by atoms with van der Waals surface area (Å²) in [5.74, 6) is 0.608. The summed E-state index contributed by atoms with van der Waals surface area (Å²) in [7, 11) is 0. The maximum Gasteiger partial charge on any atom is 0.141 e. The summed E-state index contributed by atoms with van der Waals surface area (Å²) in [4.78, 5) is 0. The Labute approximate surface area is 123 Å². The van der Waals surface area contributed by atoms with Gasteiger partial charge in [0.2, 0.25) is 0 Å². The van der Waals surface area contributed by atoms with Crippen LogP contribution in [0.25, 0.3) is 0 Å². The van der Waals surface area contributed by atoms with E-state index in [9.17, 15) is 4.39 Å². The molecule has 1 unspecified atom stereocenters. The Morgan fingerprint density at radius 1 is 1.30 bits per heavy atom. The first-order chi connectivity index (χ1) is 9.65. The highest BCUT2D eigenvalue weighted by molar-refractivity contribution is 6.30. The molecule has 1 aromatic heterocycles. The Bertz CT molecular complexity index is 567. The van der Waals surface area contributed by atoms with E-state index in [1.165, 1.54) is 6.07 Å². The van der Waals surface area contributed by atoms with Gasteiger partial charge in [-0.3, -0.25) is 0 Å².